The summed E-state index contributed by atoms with van der Waals surface area (Å²) in [6.45, 7) is 4.83. The number of aliphatic hydroxyl groups is 2. The molecule has 0 amide bonds. The average molecular weight is 358 g/mol. The zero-order valence-corrected chi connectivity index (χ0v) is 15.3. The van der Waals surface area contributed by atoms with E-state index in [1.807, 2.05) is 6.92 Å². The Labute approximate surface area is 141 Å². The van der Waals surface area contributed by atoms with E-state index in [1.54, 1.807) is 0 Å². The van der Waals surface area contributed by atoms with E-state index in [9.17, 15) is 19.8 Å². The van der Waals surface area contributed by atoms with Crippen LogP contribution >= 0.6 is 6.89 Å². The van der Waals surface area contributed by atoms with Crippen molar-refractivity contribution in [2.75, 3.05) is 19.5 Å². The molecule has 2 rings (SSSR count). The molecule has 4 atom stereocenters. The number of ether oxygens (including phenoxy) is 1. The minimum absolute atomic E-state index is 0.425. The van der Waals surface area contributed by atoms with Gasteiger partial charge in [0.25, 0.3) is 5.56 Å². The second kappa shape index (κ2) is 7.40. The largest absolute Gasteiger partial charge is 0.388 e. The van der Waals surface area contributed by atoms with Gasteiger partial charge in [0, 0.05) is 11.8 Å². The normalized spacial score (nSPS) is 27.5. The van der Waals surface area contributed by atoms with Crippen molar-refractivity contribution in [3.05, 3.63) is 32.6 Å². The number of aromatic nitrogens is 2. The summed E-state index contributed by atoms with van der Waals surface area (Å²) in [6.07, 6.45) is 4.35. The van der Waals surface area contributed by atoms with Crippen LogP contribution in [0.15, 0.2) is 15.8 Å². The summed E-state index contributed by atoms with van der Waals surface area (Å²) in [5.41, 5.74) is -0.622. The molecule has 0 saturated carbocycles. The summed E-state index contributed by atoms with van der Waals surface area (Å²) in [7, 11) is 0. The number of rotatable bonds is 6. The molecule has 0 spiro atoms. The van der Waals surface area contributed by atoms with Crippen LogP contribution in [0, 0.1) is 0 Å². The zero-order chi connectivity index (χ0) is 18.1. The Morgan fingerprint density at radius 3 is 2.58 bits per heavy atom. The van der Waals surface area contributed by atoms with Crippen LogP contribution in [0.4, 0.5) is 0 Å². The molecule has 7 nitrogen and oxygen atoms in total. The first-order chi connectivity index (χ1) is 11.1. The van der Waals surface area contributed by atoms with E-state index in [4.69, 9.17) is 4.74 Å². The monoisotopic (exact) mass is 358 g/mol. The molecule has 2 heterocycles. The predicted molar refractivity (Wildman–Crippen MR) is 96.6 cm³/mol. The van der Waals surface area contributed by atoms with Gasteiger partial charge < -0.3 is 14.9 Å². The lowest BCUT2D eigenvalue weighted by atomic mass is 10.1. The summed E-state index contributed by atoms with van der Waals surface area (Å²) in [5, 5.41) is 20.5. The van der Waals surface area contributed by atoms with Crippen LogP contribution in [0.3, 0.4) is 0 Å². The molecule has 0 aromatic carbocycles. The molecule has 1 aromatic heterocycles. The maximum Gasteiger partial charge on any atom is 0.330 e. The van der Waals surface area contributed by atoms with Crippen molar-refractivity contribution in [2.45, 2.75) is 50.7 Å². The number of aryl methyl sites for hydroxylation is 1. The van der Waals surface area contributed by atoms with E-state index in [1.165, 1.54) is 10.8 Å². The summed E-state index contributed by atoms with van der Waals surface area (Å²) < 4.78 is 6.92. The molecule has 1 aromatic rings. The fraction of sp³-hybridized carbons (Fsp3) is 0.688. The molecular formula is C16H27N2O5P. The zero-order valence-electron chi connectivity index (χ0n) is 14.4. The van der Waals surface area contributed by atoms with E-state index < -0.39 is 42.7 Å². The third-order valence-electron chi connectivity index (χ3n) is 4.19. The topological polar surface area (TPSA) is 105 Å². The van der Waals surface area contributed by atoms with Gasteiger partial charge in [-0.15, -0.1) is 13.2 Å². The second-order valence-electron chi connectivity index (χ2n) is 7.07. The first-order valence-electron chi connectivity index (χ1n) is 8.17. The lowest BCUT2D eigenvalue weighted by Gasteiger charge is -2.19. The molecule has 1 aliphatic heterocycles. The SMILES string of the molecule is C=P(C)(C)CC[C@H]1OC(n2cc(CCC)c(=O)[nH]c2=O)[C@H](O)[C@@H]1O. The van der Waals surface area contributed by atoms with Gasteiger partial charge in [-0.1, -0.05) is 13.3 Å². The van der Waals surface area contributed by atoms with E-state index in [0.717, 1.165) is 12.6 Å². The molecular weight excluding hydrogens is 331 g/mol. The molecule has 0 aliphatic carbocycles. The van der Waals surface area contributed by atoms with Gasteiger partial charge in [0.1, 0.15) is 12.2 Å². The van der Waals surface area contributed by atoms with E-state index in [-0.39, 0.29) is 0 Å². The van der Waals surface area contributed by atoms with Crippen molar-refractivity contribution in [1.29, 1.82) is 0 Å². The number of hydrogen-bond acceptors (Lipinski definition) is 5. The summed E-state index contributed by atoms with van der Waals surface area (Å²) in [6, 6.07) is 0. The van der Waals surface area contributed by atoms with Crippen LogP contribution in [0.1, 0.15) is 31.6 Å². The van der Waals surface area contributed by atoms with Crippen LogP contribution in [0.25, 0.3) is 0 Å². The minimum Gasteiger partial charge on any atom is -0.388 e. The molecule has 1 fully saturated rings. The smallest absolute Gasteiger partial charge is 0.330 e. The molecule has 8 heteroatoms. The number of nitrogens with one attached hydrogen (secondary N) is 1. The molecule has 0 radical (unpaired) electrons. The highest BCUT2D eigenvalue weighted by atomic mass is 31.2. The van der Waals surface area contributed by atoms with Crippen molar-refractivity contribution < 1.29 is 14.9 Å². The summed E-state index contributed by atoms with van der Waals surface area (Å²) in [5.74, 6) is 0. The first-order valence-corrected chi connectivity index (χ1v) is 11.2. The number of aromatic amines is 1. The lowest BCUT2D eigenvalue weighted by molar-refractivity contribution is -0.0404. The molecule has 1 unspecified atom stereocenters. The predicted octanol–water partition coefficient (Wildman–Crippen LogP) is 0.208. The third kappa shape index (κ3) is 4.28. The Morgan fingerprint density at radius 2 is 2.00 bits per heavy atom. The molecule has 1 aliphatic rings. The van der Waals surface area contributed by atoms with Crippen molar-refractivity contribution in [2.24, 2.45) is 0 Å². The molecule has 1 saturated heterocycles. The van der Waals surface area contributed by atoms with Crippen LogP contribution in [-0.2, 0) is 11.2 Å². The fourth-order valence-corrected chi connectivity index (χ4v) is 3.79. The van der Waals surface area contributed by atoms with Gasteiger partial charge in [-0.3, -0.25) is 14.3 Å². The van der Waals surface area contributed by atoms with Gasteiger partial charge >= 0.3 is 5.69 Å². The quantitative estimate of drug-likeness (QED) is 0.631. The Balaban J connectivity index is 2.26. The van der Waals surface area contributed by atoms with Gasteiger partial charge in [-0.05, 0) is 32.3 Å². The van der Waals surface area contributed by atoms with E-state index in [0.29, 0.717) is 18.4 Å². The Bertz CT molecular complexity index is 735. The third-order valence-corrected chi connectivity index (χ3v) is 5.66. The number of H-pyrrole nitrogens is 1. The van der Waals surface area contributed by atoms with Crippen LogP contribution in [0.2, 0.25) is 0 Å². The highest BCUT2D eigenvalue weighted by Crippen LogP contribution is 2.39. The molecule has 3 N–H and O–H groups in total. The van der Waals surface area contributed by atoms with Gasteiger partial charge in [0.05, 0.1) is 6.10 Å². The van der Waals surface area contributed by atoms with E-state index in [2.05, 4.69) is 24.6 Å². The first kappa shape index (κ1) is 19.2. The standard InChI is InChI=1S/C16H27N2O5P/c1-5-6-10-9-18(16(22)17-14(10)21)15-13(20)12(19)11(23-15)7-8-24(2,3)4/h9,11-13,15,19-20H,2,5-8H2,1,3-4H3,(H,17,21,22)/t11-,12-,13-,15?/m1/s1. The average Bonchev–Trinajstić information content (AvgIpc) is 2.75. The number of aliphatic hydroxyl groups excluding tert-OH is 2. The second-order valence-corrected chi connectivity index (χ2v) is 11.4. The fourth-order valence-electron chi connectivity index (χ4n) is 2.84. The van der Waals surface area contributed by atoms with Crippen molar-refractivity contribution in [3.8, 4) is 0 Å². The molecule has 0 bridgehead atoms. The summed E-state index contributed by atoms with van der Waals surface area (Å²) >= 11 is 0. The maximum absolute atomic E-state index is 12.1. The number of hydrogen-bond donors (Lipinski definition) is 3. The molecule has 136 valence electrons. The van der Waals surface area contributed by atoms with Crippen LogP contribution < -0.4 is 11.2 Å². The Morgan fingerprint density at radius 1 is 1.33 bits per heavy atom. The van der Waals surface area contributed by atoms with Crippen molar-refractivity contribution >= 4 is 13.2 Å². The van der Waals surface area contributed by atoms with Crippen LogP contribution in [-0.4, -0.2) is 63.9 Å². The van der Waals surface area contributed by atoms with Crippen molar-refractivity contribution in [1.82, 2.24) is 9.55 Å². The van der Waals surface area contributed by atoms with Crippen molar-refractivity contribution in [3.63, 3.8) is 0 Å². The number of nitrogens with zero attached hydrogens (tertiary/aromatic N) is 1. The lowest BCUT2D eigenvalue weighted by Crippen LogP contribution is -2.38. The highest BCUT2D eigenvalue weighted by Gasteiger charge is 2.43. The Kier molecular flexibility index (Phi) is 5.91. The van der Waals surface area contributed by atoms with Gasteiger partial charge in [-0.2, -0.15) is 0 Å². The van der Waals surface area contributed by atoms with Gasteiger partial charge in [0.15, 0.2) is 6.23 Å². The summed E-state index contributed by atoms with van der Waals surface area (Å²) in [4.78, 5) is 26.1. The highest BCUT2D eigenvalue weighted by molar-refractivity contribution is 7.72. The minimum atomic E-state index is -1.28. The molecule has 24 heavy (non-hydrogen) atoms. The maximum atomic E-state index is 12.1. The Hall–Kier alpha value is -1.14. The van der Waals surface area contributed by atoms with E-state index >= 15 is 0 Å². The van der Waals surface area contributed by atoms with Gasteiger partial charge in [0.2, 0.25) is 0 Å². The van der Waals surface area contributed by atoms with Gasteiger partial charge in [-0.25, -0.2) is 4.79 Å². The van der Waals surface area contributed by atoms with Crippen LogP contribution in [0.5, 0.6) is 0 Å².